The zero-order valence-corrected chi connectivity index (χ0v) is 13.8. The molecule has 1 N–H and O–H groups in total. The lowest BCUT2D eigenvalue weighted by atomic mass is 10.2. The molecule has 0 fully saturated rings. The van der Waals surface area contributed by atoms with Crippen LogP contribution >= 0.6 is 11.6 Å². The number of unbranched alkanes of at least 4 members (excludes halogenated alkanes) is 1. The maximum atomic E-state index is 12.1. The molecule has 5 nitrogen and oxygen atoms in total. The second-order valence-corrected chi connectivity index (χ2v) is 5.92. The normalized spacial score (nSPS) is 10.9. The summed E-state index contributed by atoms with van der Waals surface area (Å²) in [5.41, 5.74) is 0.621. The fourth-order valence-corrected chi connectivity index (χ4v) is 2.65. The van der Waals surface area contributed by atoms with Crippen LogP contribution in [0.1, 0.15) is 23.4 Å². The van der Waals surface area contributed by atoms with Gasteiger partial charge in [-0.25, -0.2) is 0 Å². The quantitative estimate of drug-likeness (QED) is 0.696. The van der Waals surface area contributed by atoms with E-state index in [1.165, 1.54) is 6.07 Å². The molecule has 2 heterocycles. The van der Waals surface area contributed by atoms with E-state index in [-0.39, 0.29) is 17.2 Å². The summed E-state index contributed by atoms with van der Waals surface area (Å²) in [6.07, 6.45) is 3.35. The summed E-state index contributed by atoms with van der Waals surface area (Å²) in [6, 6.07) is 12.0. The Labute approximate surface area is 143 Å². The van der Waals surface area contributed by atoms with Crippen molar-refractivity contribution in [1.29, 1.82) is 0 Å². The summed E-state index contributed by atoms with van der Waals surface area (Å²) in [5, 5.41) is 4.23. The molecule has 0 saturated carbocycles. The first-order valence-corrected chi connectivity index (χ1v) is 8.14. The van der Waals surface area contributed by atoms with Crippen molar-refractivity contribution in [3.05, 3.63) is 69.8 Å². The van der Waals surface area contributed by atoms with Crippen LogP contribution in [0.5, 0.6) is 0 Å². The van der Waals surface area contributed by atoms with Gasteiger partial charge >= 0.3 is 0 Å². The molecule has 6 heteroatoms. The van der Waals surface area contributed by atoms with E-state index in [2.05, 4.69) is 5.32 Å². The van der Waals surface area contributed by atoms with Crippen molar-refractivity contribution in [2.45, 2.75) is 19.4 Å². The lowest BCUT2D eigenvalue weighted by molar-refractivity contribution is 0.0927. The van der Waals surface area contributed by atoms with Crippen molar-refractivity contribution in [3.8, 4) is 0 Å². The fraction of sp³-hybridized carbons (Fsp3) is 0.222. The van der Waals surface area contributed by atoms with Crippen LogP contribution in [-0.2, 0) is 6.54 Å². The zero-order valence-electron chi connectivity index (χ0n) is 13.0. The standard InChI is InChI=1S/C18H17ClN2O3/c19-14-6-7-15-13(11-14)12-16(24-15)18(23)20-8-2-4-10-21-9-3-1-5-17(21)22/h1,3,5-7,9,11-12H,2,4,8,10H2,(H,20,23). The van der Waals surface area contributed by atoms with E-state index in [4.69, 9.17) is 16.0 Å². The maximum Gasteiger partial charge on any atom is 0.287 e. The van der Waals surface area contributed by atoms with Crippen LogP contribution in [0.4, 0.5) is 0 Å². The third kappa shape index (κ3) is 3.86. The second kappa shape index (κ2) is 7.36. The number of aromatic nitrogens is 1. The first-order chi connectivity index (χ1) is 11.6. The van der Waals surface area contributed by atoms with E-state index in [0.717, 1.165) is 18.2 Å². The SMILES string of the molecule is O=C(NCCCCn1ccccc1=O)c1cc2cc(Cl)ccc2o1. The number of amides is 1. The first-order valence-electron chi connectivity index (χ1n) is 7.76. The van der Waals surface area contributed by atoms with Gasteiger partial charge in [0.05, 0.1) is 0 Å². The van der Waals surface area contributed by atoms with Crippen LogP contribution in [0.2, 0.25) is 5.02 Å². The molecule has 0 saturated heterocycles. The number of hydrogen-bond donors (Lipinski definition) is 1. The second-order valence-electron chi connectivity index (χ2n) is 5.49. The molecular formula is C18H17ClN2O3. The number of halogens is 1. The Morgan fingerprint density at radius 2 is 2.04 bits per heavy atom. The van der Waals surface area contributed by atoms with Gasteiger partial charge in [-0.1, -0.05) is 17.7 Å². The van der Waals surface area contributed by atoms with E-state index >= 15 is 0 Å². The molecule has 24 heavy (non-hydrogen) atoms. The summed E-state index contributed by atoms with van der Waals surface area (Å²) in [6.45, 7) is 1.16. The Morgan fingerprint density at radius 1 is 1.17 bits per heavy atom. The molecule has 3 aromatic rings. The molecule has 0 aliphatic heterocycles. The number of hydrogen-bond acceptors (Lipinski definition) is 3. The van der Waals surface area contributed by atoms with Crippen LogP contribution in [0.15, 0.2) is 57.9 Å². The molecule has 3 rings (SSSR count). The van der Waals surface area contributed by atoms with Gasteiger partial charge in [0.1, 0.15) is 5.58 Å². The average molecular weight is 345 g/mol. The molecule has 2 aromatic heterocycles. The topological polar surface area (TPSA) is 64.2 Å². The minimum Gasteiger partial charge on any atom is -0.451 e. The van der Waals surface area contributed by atoms with Crippen LogP contribution in [0.25, 0.3) is 11.0 Å². The Balaban J connectivity index is 1.48. The highest BCUT2D eigenvalue weighted by Crippen LogP contribution is 2.22. The highest BCUT2D eigenvalue weighted by Gasteiger charge is 2.11. The Hall–Kier alpha value is -2.53. The molecule has 0 spiro atoms. The summed E-state index contributed by atoms with van der Waals surface area (Å²) in [4.78, 5) is 23.7. The van der Waals surface area contributed by atoms with E-state index < -0.39 is 0 Å². The number of carbonyl (C=O) groups is 1. The lowest BCUT2D eigenvalue weighted by Gasteiger charge is -2.05. The monoisotopic (exact) mass is 344 g/mol. The van der Waals surface area contributed by atoms with Gasteiger partial charge in [0.25, 0.3) is 5.91 Å². The molecule has 0 aliphatic rings. The predicted octanol–water partition coefficient (Wildman–Crippen LogP) is 3.46. The van der Waals surface area contributed by atoms with Gasteiger partial charge in [-0.05, 0) is 43.2 Å². The number of carbonyl (C=O) groups excluding carboxylic acids is 1. The van der Waals surface area contributed by atoms with Crippen molar-refractivity contribution in [2.24, 2.45) is 0 Å². The Kier molecular flexibility index (Phi) is 5.01. The molecule has 0 aliphatic carbocycles. The highest BCUT2D eigenvalue weighted by atomic mass is 35.5. The number of rotatable bonds is 6. The van der Waals surface area contributed by atoms with Gasteiger partial charge < -0.3 is 14.3 Å². The van der Waals surface area contributed by atoms with E-state index in [9.17, 15) is 9.59 Å². The van der Waals surface area contributed by atoms with Crippen LogP contribution < -0.4 is 10.9 Å². The van der Waals surface area contributed by atoms with Gasteiger partial charge in [-0.2, -0.15) is 0 Å². The van der Waals surface area contributed by atoms with Crippen molar-refractivity contribution >= 4 is 28.5 Å². The average Bonchev–Trinajstić information content (AvgIpc) is 2.99. The number of furan rings is 1. The smallest absolute Gasteiger partial charge is 0.287 e. The Bertz CT molecular complexity index is 914. The molecule has 0 atom stereocenters. The molecule has 1 aromatic carbocycles. The van der Waals surface area contributed by atoms with E-state index in [0.29, 0.717) is 23.7 Å². The summed E-state index contributed by atoms with van der Waals surface area (Å²) >= 11 is 5.92. The van der Waals surface area contributed by atoms with Gasteiger partial charge in [-0.3, -0.25) is 9.59 Å². The third-order valence-electron chi connectivity index (χ3n) is 3.71. The third-order valence-corrected chi connectivity index (χ3v) is 3.95. The molecule has 0 radical (unpaired) electrons. The molecular weight excluding hydrogens is 328 g/mol. The number of benzene rings is 1. The maximum absolute atomic E-state index is 12.1. The summed E-state index contributed by atoms with van der Waals surface area (Å²) in [5.74, 6) is 0.0192. The van der Waals surface area contributed by atoms with Crippen molar-refractivity contribution in [2.75, 3.05) is 6.54 Å². The van der Waals surface area contributed by atoms with Gasteiger partial charge in [0.2, 0.25) is 5.56 Å². The molecule has 0 unspecified atom stereocenters. The lowest BCUT2D eigenvalue weighted by Crippen LogP contribution is -2.24. The van der Waals surface area contributed by atoms with Gasteiger partial charge in [0.15, 0.2) is 5.76 Å². The van der Waals surface area contributed by atoms with Crippen molar-refractivity contribution in [3.63, 3.8) is 0 Å². The van der Waals surface area contributed by atoms with Crippen LogP contribution in [0.3, 0.4) is 0 Å². The highest BCUT2D eigenvalue weighted by molar-refractivity contribution is 6.31. The summed E-state index contributed by atoms with van der Waals surface area (Å²) < 4.78 is 7.17. The van der Waals surface area contributed by atoms with Gasteiger partial charge in [0, 0.05) is 35.8 Å². The number of nitrogens with zero attached hydrogens (tertiary/aromatic N) is 1. The van der Waals surface area contributed by atoms with Gasteiger partial charge in [-0.15, -0.1) is 0 Å². The van der Waals surface area contributed by atoms with E-state index in [1.54, 1.807) is 41.1 Å². The molecule has 124 valence electrons. The minimum atomic E-state index is -0.251. The predicted molar refractivity (Wildman–Crippen MR) is 93.5 cm³/mol. The molecule has 1 amide bonds. The fourth-order valence-electron chi connectivity index (χ4n) is 2.47. The van der Waals surface area contributed by atoms with Crippen LogP contribution in [0, 0.1) is 0 Å². The summed E-state index contributed by atoms with van der Waals surface area (Å²) in [7, 11) is 0. The Morgan fingerprint density at radius 3 is 2.88 bits per heavy atom. The largest absolute Gasteiger partial charge is 0.451 e. The number of fused-ring (bicyclic) bond motifs is 1. The number of pyridine rings is 1. The number of nitrogens with one attached hydrogen (secondary N) is 1. The minimum absolute atomic E-state index is 0.0116. The molecule has 0 bridgehead atoms. The first kappa shape index (κ1) is 16.3. The van der Waals surface area contributed by atoms with Crippen molar-refractivity contribution in [1.82, 2.24) is 9.88 Å². The number of aryl methyl sites for hydroxylation is 1. The zero-order chi connectivity index (χ0) is 16.9. The van der Waals surface area contributed by atoms with Crippen LogP contribution in [-0.4, -0.2) is 17.0 Å². The van der Waals surface area contributed by atoms with E-state index in [1.807, 2.05) is 6.07 Å². The van der Waals surface area contributed by atoms with Crippen molar-refractivity contribution < 1.29 is 9.21 Å².